The van der Waals surface area contributed by atoms with Gasteiger partial charge < -0.3 is 10.0 Å². The Morgan fingerprint density at radius 2 is 1.74 bits per heavy atom. The number of nitrogens with zero attached hydrogens (tertiary/aromatic N) is 4. The van der Waals surface area contributed by atoms with Crippen LogP contribution < -0.4 is 9.80 Å². The van der Waals surface area contributed by atoms with E-state index in [1.54, 1.807) is 42.2 Å². The second-order valence-electron chi connectivity index (χ2n) is 7.24. The predicted molar refractivity (Wildman–Crippen MR) is 115 cm³/mol. The first-order valence-corrected chi connectivity index (χ1v) is 10.9. The maximum absolute atomic E-state index is 12.6. The van der Waals surface area contributed by atoms with Crippen molar-refractivity contribution in [1.82, 2.24) is 9.19 Å². The van der Waals surface area contributed by atoms with Gasteiger partial charge in [-0.3, -0.25) is 9.69 Å². The van der Waals surface area contributed by atoms with Gasteiger partial charge in [-0.05, 0) is 48.4 Å². The van der Waals surface area contributed by atoms with Crippen molar-refractivity contribution in [3.05, 3.63) is 60.9 Å². The number of hydrogen-bond donors (Lipinski definition) is 1. The van der Waals surface area contributed by atoms with Crippen LogP contribution in [0.2, 0.25) is 0 Å². The van der Waals surface area contributed by atoms with Gasteiger partial charge in [-0.15, -0.1) is 0 Å². The maximum atomic E-state index is 12.6. The van der Waals surface area contributed by atoms with E-state index in [1.807, 2.05) is 0 Å². The molecule has 1 aliphatic rings. The molecule has 0 fully saturated rings. The van der Waals surface area contributed by atoms with E-state index in [2.05, 4.69) is 5.10 Å². The molecular formula is C21H20N4O5S. The highest BCUT2D eigenvalue weighted by Crippen LogP contribution is 2.39. The molecule has 9 nitrogen and oxygen atoms in total. The molecule has 31 heavy (non-hydrogen) atoms. The van der Waals surface area contributed by atoms with Crippen LogP contribution in [0.25, 0.3) is 11.1 Å². The quantitative estimate of drug-likeness (QED) is 0.670. The Balaban J connectivity index is 1.74. The van der Waals surface area contributed by atoms with Crippen LogP contribution in [-0.2, 0) is 14.8 Å². The molecule has 0 aliphatic carbocycles. The highest BCUT2D eigenvalue weighted by atomic mass is 32.2. The fourth-order valence-corrected chi connectivity index (χ4v) is 4.90. The van der Waals surface area contributed by atoms with Gasteiger partial charge in [0.15, 0.2) is 0 Å². The van der Waals surface area contributed by atoms with Crippen LogP contribution in [0.3, 0.4) is 0 Å². The molecule has 1 atom stereocenters. The molecule has 1 aliphatic heterocycles. The summed E-state index contributed by atoms with van der Waals surface area (Å²) >= 11 is 0. The number of benzene rings is 2. The lowest BCUT2D eigenvalue weighted by Gasteiger charge is -2.39. The third-order valence-corrected chi connectivity index (χ3v) is 6.77. The zero-order chi connectivity index (χ0) is 22.3. The summed E-state index contributed by atoms with van der Waals surface area (Å²) in [4.78, 5) is 26.8. The fourth-order valence-electron chi connectivity index (χ4n) is 3.79. The van der Waals surface area contributed by atoms with Crippen LogP contribution in [0.15, 0.2) is 65.8 Å². The van der Waals surface area contributed by atoms with E-state index in [0.29, 0.717) is 22.5 Å². The zero-order valence-electron chi connectivity index (χ0n) is 16.8. The number of carboxylic acid groups (broad SMARTS) is 1. The molecule has 4 rings (SSSR count). The lowest BCUT2D eigenvalue weighted by molar-refractivity contribution is -0.117. The number of fused-ring (bicyclic) bond motifs is 1. The standard InChI is InChI=1S/C21H20N4O5S/c1-14-13-23(21(27)28)20-12-17(6-9-19(20)25(14)15(2)26)16-4-7-18(8-5-16)31(29,30)24-11-3-10-22-24/h3-12,14H,13H2,1-2H3,(H,27,28)/t14-/m0/s1. The largest absolute Gasteiger partial charge is 0.465 e. The Bertz CT molecular complexity index is 1250. The topological polar surface area (TPSA) is 113 Å². The molecule has 2 amide bonds. The summed E-state index contributed by atoms with van der Waals surface area (Å²) < 4.78 is 26.0. The maximum Gasteiger partial charge on any atom is 0.411 e. The Kier molecular flexibility index (Phi) is 5.02. The highest BCUT2D eigenvalue weighted by molar-refractivity contribution is 7.89. The van der Waals surface area contributed by atoms with Gasteiger partial charge in [0.25, 0.3) is 10.0 Å². The normalized spacial score (nSPS) is 16.1. The fraction of sp³-hybridized carbons (Fsp3) is 0.190. The van der Waals surface area contributed by atoms with Crippen LogP contribution in [-0.4, -0.2) is 47.3 Å². The van der Waals surface area contributed by atoms with E-state index in [1.165, 1.54) is 42.4 Å². The predicted octanol–water partition coefficient (Wildman–Crippen LogP) is 3.03. The van der Waals surface area contributed by atoms with Crippen molar-refractivity contribution in [2.75, 3.05) is 16.3 Å². The number of carbonyl (C=O) groups is 2. The van der Waals surface area contributed by atoms with Gasteiger partial charge in [0, 0.05) is 19.7 Å². The summed E-state index contributed by atoms with van der Waals surface area (Å²) in [5.41, 5.74) is 2.34. The first-order valence-electron chi connectivity index (χ1n) is 9.50. The molecule has 10 heteroatoms. The zero-order valence-corrected chi connectivity index (χ0v) is 17.7. The summed E-state index contributed by atoms with van der Waals surface area (Å²) in [6, 6.07) is 12.7. The van der Waals surface area contributed by atoms with Crippen LogP contribution >= 0.6 is 0 Å². The van der Waals surface area contributed by atoms with E-state index < -0.39 is 16.1 Å². The van der Waals surface area contributed by atoms with Gasteiger partial charge in [-0.2, -0.15) is 17.6 Å². The van der Waals surface area contributed by atoms with Gasteiger partial charge >= 0.3 is 6.09 Å². The number of anilines is 2. The van der Waals surface area contributed by atoms with Gasteiger partial charge in [-0.1, -0.05) is 18.2 Å². The number of amides is 2. The van der Waals surface area contributed by atoms with Crippen molar-refractivity contribution in [2.24, 2.45) is 0 Å². The number of rotatable bonds is 3. The van der Waals surface area contributed by atoms with Crippen LogP contribution in [0, 0.1) is 0 Å². The van der Waals surface area contributed by atoms with Crippen molar-refractivity contribution in [2.45, 2.75) is 24.8 Å². The lowest BCUT2D eigenvalue weighted by Crippen LogP contribution is -2.51. The van der Waals surface area contributed by atoms with E-state index in [9.17, 15) is 23.1 Å². The first-order chi connectivity index (χ1) is 14.7. The van der Waals surface area contributed by atoms with Crippen LogP contribution in [0.4, 0.5) is 16.2 Å². The Hall–Kier alpha value is -3.66. The van der Waals surface area contributed by atoms with Crippen molar-refractivity contribution >= 4 is 33.4 Å². The minimum Gasteiger partial charge on any atom is -0.465 e. The van der Waals surface area contributed by atoms with E-state index in [0.717, 1.165) is 4.09 Å². The van der Waals surface area contributed by atoms with E-state index >= 15 is 0 Å². The van der Waals surface area contributed by atoms with Gasteiger partial charge in [0.1, 0.15) is 0 Å². The third kappa shape index (κ3) is 3.55. The molecule has 1 aromatic heterocycles. The average Bonchev–Trinajstić information content (AvgIpc) is 3.28. The second-order valence-corrected chi connectivity index (χ2v) is 9.04. The van der Waals surface area contributed by atoms with Crippen molar-refractivity contribution in [3.63, 3.8) is 0 Å². The minimum atomic E-state index is -3.78. The lowest BCUT2D eigenvalue weighted by atomic mass is 10.0. The van der Waals surface area contributed by atoms with Crippen molar-refractivity contribution < 1.29 is 23.1 Å². The van der Waals surface area contributed by atoms with Crippen molar-refractivity contribution in [1.29, 1.82) is 0 Å². The monoisotopic (exact) mass is 440 g/mol. The molecule has 0 saturated heterocycles. The SMILES string of the molecule is CC(=O)N1c2ccc(-c3ccc(S(=O)(=O)n4cccn4)cc3)cc2N(C(=O)O)C[C@@H]1C. The second kappa shape index (κ2) is 7.55. The Morgan fingerprint density at radius 1 is 1.06 bits per heavy atom. The smallest absolute Gasteiger partial charge is 0.411 e. The Labute approximate surface area is 179 Å². The van der Waals surface area contributed by atoms with E-state index in [4.69, 9.17) is 0 Å². The first kappa shape index (κ1) is 20.6. The van der Waals surface area contributed by atoms with E-state index in [-0.39, 0.29) is 23.4 Å². The summed E-state index contributed by atoms with van der Waals surface area (Å²) in [7, 11) is -3.78. The summed E-state index contributed by atoms with van der Waals surface area (Å²) in [5.74, 6) is -0.167. The Morgan fingerprint density at radius 3 is 2.32 bits per heavy atom. The molecule has 0 unspecified atom stereocenters. The van der Waals surface area contributed by atoms with Crippen LogP contribution in [0.1, 0.15) is 13.8 Å². The molecule has 2 aromatic carbocycles. The molecule has 160 valence electrons. The summed E-state index contributed by atoms with van der Waals surface area (Å²) in [6.45, 7) is 3.41. The summed E-state index contributed by atoms with van der Waals surface area (Å²) in [6.07, 6.45) is 1.64. The number of aromatic nitrogens is 2. The molecule has 0 radical (unpaired) electrons. The van der Waals surface area contributed by atoms with Gasteiger partial charge in [0.05, 0.1) is 28.5 Å². The molecule has 0 saturated carbocycles. The molecular weight excluding hydrogens is 420 g/mol. The molecule has 2 heterocycles. The minimum absolute atomic E-state index is 0.0849. The highest BCUT2D eigenvalue weighted by Gasteiger charge is 2.33. The summed E-state index contributed by atoms with van der Waals surface area (Å²) in [5, 5.41) is 13.4. The van der Waals surface area contributed by atoms with Gasteiger partial charge in [0.2, 0.25) is 5.91 Å². The third-order valence-electron chi connectivity index (χ3n) is 5.20. The number of hydrogen-bond acceptors (Lipinski definition) is 5. The average molecular weight is 440 g/mol. The van der Waals surface area contributed by atoms with Gasteiger partial charge in [-0.25, -0.2) is 4.79 Å². The van der Waals surface area contributed by atoms with Crippen LogP contribution in [0.5, 0.6) is 0 Å². The molecule has 0 spiro atoms. The number of carbonyl (C=O) groups excluding carboxylic acids is 1. The molecule has 1 N–H and O–H groups in total. The molecule has 3 aromatic rings. The molecule has 0 bridgehead atoms. The van der Waals surface area contributed by atoms with Crippen molar-refractivity contribution in [3.8, 4) is 11.1 Å².